The van der Waals surface area contributed by atoms with Crippen molar-refractivity contribution in [3.63, 3.8) is 0 Å². The molecule has 0 saturated carbocycles. The number of carbonyl (C=O) groups is 1. The van der Waals surface area contributed by atoms with Crippen molar-refractivity contribution in [1.29, 1.82) is 0 Å². The summed E-state index contributed by atoms with van der Waals surface area (Å²) in [5.74, 6) is 3.66. The number of nitrogens with zero attached hydrogens (tertiary/aromatic N) is 2. The molecular formula is C21H38Cl2N4O2. The van der Waals surface area contributed by atoms with Crippen molar-refractivity contribution < 1.29 is 9.21 Å². The molecule has 0 bridgehead atoms. The number of hydrogen-bond acceptors (Lipinski definition) is 5. The smallest absolute Gasteiger partial charge is 0.220 e. The van der Waals surface area contributed by atoms with E-state index < -0.39 is 0 Å². The van der Waals surface area contributed by atoms with Gasteiger partial charge in [0, 0.05) is 13.0 Å². The summed E-state index contributed by atoms with van der Waals surface area (Å²) in [6, 6.07) is 0. The molecule has 2 atom stereocenters. The van der Waals surface area contributed by atoms with Crippen LogP contribution < -0.4 is 10.6 Å². The van der Waals surface area contributed by atoms with Gasteiger partial charge in [-0.2, -0.15) is 0 Å². The van der Waals surface area contributed by atoms with E-state index in [1.165, 1.54) is 12.8 Å². The van der Waals surface area contributed by atoms with Gasteiger partial charge in [-0.1, -0.05) is 6.92 Å². The van der Waals surface area contributed by atoms with Crippen LogP contribution in [0.2, 0.25) is 0 Å². The third-order valence-electron chi connectivity index (χ3n) is 6.37. The molecule has 2 fully saturated rings. The molecule has 1 aromatic heterocycles. The molecule has 0 aromatic carbocycles. The fourth-order valence-electron chi connectivity index (χ4n) is 4.30. The Kier molecular flexibility index (Phi) is 11.6. The Bertz CT molecular complexity index is 592. The molecule has 1 amide bonds. The summed E-state index contributed by atoms with van der Waals surface area (Å²) in [5.41, 5.74) is 0.987. The standard InChI is InChI=1S/C21H36N4O2.2ClH/c1-15(19-5-4-8-22-13-19)11-20(26)23-12-18-6-9-25(10-7-18)14-21-24-16(2)17(3)27-21;;/h15,18-19,22H,4-14H2,1-3H3,(H,23,26);2*1H. The third-order valence-corrected chi connectivity index (χ3v) is 6.37. The zero-order valence-electron chi connectivity index (χ0n) is 18.0. The lowest BCUT2D eigenvalue weighted by molar-refractivity contribution is -0.122. The average Bonchev–Trinajstić information content (AvgIpc) is 2.99. The zero-order valence-corrected chi connectivity index (χ0v) is 19.7. The molecule has 1 aromatic rings. The number of rotatable bonds is 7. The van der Waals surface area contributed by atoms with Crippen LogP contribution in [0, 0.1) is 31.6 Å². The molecule has 2 unspecified atom stereocenters. The monoisotopic (exact) mass is 448 g/mol. The highest BCUT2D eigenvalue weighted by molar-refractivity contribution is 5.85. The second-order valence-electron chi connectivity index (χ2n) is 8.56. The van der Waals surface area contributed by atoms with Crippen molar-refractivity contribution in [2.24, 2.45) is 17.8 Å². The van der Waals surface area contributed by atoms with Crippen LogP contribution >= 0.6 is 24.8 Å². The molecule has 0 spiro atoms. The van der Waals surface area contributed by atoms with Gasteiger partial charge in [0.15, 0.2) is 0 Å². The molecule has 2 saturated heterocycles. The Morgan fingerprint density at radius 2 is 2.00 bits per heavy atom. The predicted octanol–water partition coefficient (Wildman–Crippen LogP) is 3.49. The summed E-state index contributed by atoms with van der Waals surface area (Å²) >= 11 is 0. The Balaban J connectivity index is 0.00000210. The Morgan fingerprint density at radius 1 is 1.28 bits per heavy atom. The third kappa shape index (κ3) is 8.08. The number of halogens is 2. The van der Waals surface area contributed by atoms with Gasteiger partial charge in [0.2, 0.25) is 11.8 Å². The van der Waals surface area contributed by atoms with Crippen molar-refractivity contribution in [1.82, 2.24) is 20.5 Å². The van der Waals surface area contributed by atoms with Crippen LogP contribution in [0.25, 0.3) is 0 Å². The van der Waals surface area contributed by atoms with Gasteiger partial charge >= 0.3 is 0 Å². The molecule has 6 nitrogen and oxygen atoms in total. The van der Waals surface area contributed by atoms with Gasteiger partial charge in [0.1, 0.15) is 5.76 Å². The Labute approximate surface area is 187 Å². The predicted molar refractivity (Wildman–Crippen MR) is 121 cm³/mol. The number of nitrogens with one attached hydrogen (secondary N) is 2. The van der Waals surface area contributed by atoms with E-state index >= 15 is 0 Å². The summed E-state index contributed by atoms with van der Waals surface area (Å²) in [4.78, 5) is 19.2. The van der Waals surface area contributed by atoms with Crippen molar-refractivity contribution in [3.8, 4) is 0 Å². The summed E-state index contributed by atoms with van der Waals surface area (Å²) in [6.45, 7) is 12.1. The first-order valence-corrected chi connectivity index (χ1v) is 10.6. The van der Waals surface area contributed by atoms with Crippen molar-refractivity contribution >= 4 is 30.7 Å². The van der Waals surface area contributed by atoms with Gasteiger partial charge in [-0.15, -0.1) is 24.8 Å². The van der Waals surface area contributed by atoms with E-state index in [-0.39, 0.29) is 30.7 Å². The van der Waals surface area contributed by atoms with Gasteiger partial charge in [0.25, 0.3) is 0 Å². The van der Waals surface area contributed by atoms with Gasteiger partial charge < -0.3 is 15.1 Å². The van der Waals surface area contributed by atoms with Gasteiger partial charge in [-0.3, -0.25) is 9.69 Å². The molecule has 0 radical (unpaired) electrons. The molecule has 3 rings (SSSR count). The van der Waals surface area contributed by atoms with E-state index in [0.717, 1.165) is 69.5 Å². The number of oxazole rings is 1. The van der Waals surface area contributed by atoms with Crippen LogP contribution in [0.15, 0.2) is 4.42 Å². The summed E-state index contributed by atoms with van der Waals surface area (Å²) in [7, 11) is 0. The lowest BCUT2D eigenvalue weighted by Gasteiger charge is -2.31. The molecule has 2 N–H and O–H groups in total. The van der Waals surface area contributed by atoms with Crippen molar-refractivity contribution in [3.05, 3.63) is 17.3 Å². The number of aromatic nitrogens is 1. The molecule has 2 aliphatic rings. The highest BCUT2D eigenvalue weighted by atomic mass is 35.5. The van der Waals surface area contributed by atoms with E-state index in [1.807, 2.05) is 13.8 Å². The molecule has 3 heterocycles. The number of hydrogen-bond donors (Lipinski definition) is 2. The molecule has 2 aliphatic heterocycles. The highest BCUT2D eigenvalue weighted by Crippen LogP contribution is 2.23. The molecule has 0 aliphatic carbocycles. The fraction of sp³-hybridized carbons (Fsp3) is 0.810. The van der Waals surface area contributed by atoms with Gasteiger partial charge in [0.05, 0.1) is 12.2 Å². The lowest BCUT2D eigenvalue weighted by Crippen LogP contribution is -2.39. The van der Waals surface area contributed by atoms with Gasteiger partial charge in [-0.05, 0) is 83.5 Å². The number of carbonyl (C=O) groups excluding carboxylic acids is 1. The van der Waals surface area contributed by atoms with E-state index in [2.05, 4.69) is 27.4 Å². The second kappa shape index (κ2) is 12.8. The minimum Gasteiger partial charge on any atom is -0.444 e. The highest BCUT2D eigenvalue weighted by Gasteiger charge is 2.24. The number of likely N-dealkylation sites (tertiary alicyclic amines) is 1. The first-order valence-electron chi connectivity index (χ1n) is 10.6. The Morgan fingerprint density at radius 3 is 2.59 bits per heavy atom. The molecule has 29 heavy (non-hydrogen) atoms. The first kappa shape index (κ1) is 26.2. The SMILES string of the molecule is Cc1nc(CN2CCC(CNC(=O)CC(C)C3CCCNC3)CC2)oc1C.Cl.Cl. The van der Waals surface area contributed by atoms with Crippen LogP contribution in [0.3, 0.4) is 0 Å². The van der Waals surface area contributed by atoms with Crippen molar-refractivity contribution in [2.45, 2.75) is 59.4 Å². The molecule has 168 valence electrons. The van der Waals surface area contributed by atoms with Crippen LogP contribution in [0.4, 0.5) is 0 Å². The Hall–Kier alpha value is -0.820. The maximum Gasteiger partial charge on any atom is 0.220 e. The maximum atomic E-state index is 12.3. The minimum atomic E-state index is 0. The number of aryl methyl sites for hydroxylation is 2. The topological polar surface area (TPSA) is 70.4 Å². The van der Waals surface area contributed by atoms with Crippen LogP contribution in [-0.4, -0.2) is 48.5 Å². The normalized spacial score (nSPS) is 21.7. The first-order chi connectivity index (χ1) is 13.0. The van der Waals surface area contributed by atoms with E-state index in [9.17, 15) is 4.79 Å². The van der Waals surface area contributed by atoms with Crippen LogP contribution in [0.5, 0.6) is 0 Å². The van der Waals surface area contributed by atoms with Gasteiger partial charge in [-0.25, -0.2) is 4.98 Å². The van der Waals surface area contributed by atoms with Crippen molar-refractivity contribution in [2.75, 3.05) is 32.7 Å². The quantitative estimate of drug-likeness (QED) is 0.667. The minimum absolute atomic E-state index is 0. The second-order valence-corrected chi connectivity index (χ2v) is 8.56. The maximum absolute atomic E-state index is 12.3. The van der Waals surface area contributed by atoms with E-state index in [0.29, 0.717) is 24.2 Å². The average molecular weight is 449 g/mol. The van der Waals surface area contributed by atoms with Crippen LogP contribution in [0.1, 0.15) is 56.4 Å². The number of amides is 1. The largest absolute Gasteiger partial charge is 0.444 e. The summed E-state index contributed by atoms with van der Waals surface area (Å²) in [6.07, 6.45) is 5.40. The number of piperidine rings is 2. The summed E-state index contributed by atoms with van der Waals surface area (Å²) < 4.78 is 5.70. The van der Waals surface area contributed by atoms with E-state index in [1.54, 1.807) is 0 Å². The fourth-order valence-corrected chi connectivity index (χ4v) is 4.30. The zero-order chi connectivity index (χ0) is 19.2. The lowest BCUT2D eigenvalue weighted by atomic mass is 9.85. The van der Waals surface area contributed by atoms with E-state index in [4.69, 9.17) is 4.42 Å². The van der Waals surface area contributed by atoms with Crippen LogP contribution in [-0.2, 0) is 11.3 Å². The summed E-state index contributed by atoms with van der Waals surface area (Å²) in [5, 5.41) is 6.64. The molecule has 8 heteroatoms. The molecular weight excluding hydrogens is 411 g/mol.